The zero-order valence-corrected chi connectivity index (χ0v) is 18.5. The van der Waals surface area contributed by atoms with Crippen molar-refractivity contribution in [3.63, 3.8) is 0 Å². The van der Waals surface area contributed by atoms with Gasteiger partial charge in [0.15, 0.2) is 0 Å². The first-order chi connectivity index (χ1) is 15.2. The quantitative estimate of drug-likeness (QED) is 0.631. The van der Waals surface area contributed by atoms with Gasteiger partial charge in [-0.05, 0) is 31.5 Å². The number of nitrogens with zero attached hydrogens (tertiary/aromatic N) is 2. The first kappa shape index (κ1) is 22.8. The number of nitrogens with one attached hydrogen (secondary N) is 1. The van der Waals surface area contributed by atoms with Crippen LogP contribution in [-0.2, 0) is 4.79 Å². The molecule has 1 heterocycles. The molecule has 31 heavy (non-hydrogen) atoms. The van der Waals surface area contributed by atoms with Crippen LogP contribution in [0.5, 0.6) is 11.5 Å². The molecule has 2 aromatic rings. The molecule has 0 saturated carbocycles. The summed E-state index contributed by atoms with van der Waals surface area (Å²) in [6.45, 7) is 9.95. The van der Waals surface area contributed by atoms with E-state index in [1.165, 1.54) is 5.56 Å². The van der Waals surface area contributed by atoms with Crippen molar-refractivity contribution >= 4 is 17.7 Å². The molecular weight excluding hydrogens is 390 g/mol. The topological polar surface area (TPSA) is 54.0 Å². The van der Waals surface area contributed by atoms with Crippen molar-refractivity contribution in [2.75, 3.05) is 57.8 Å². The molecule has 1 aliphatic rings. The normalized spacial score (nSPS) is 15.2. The Bertz CT molecular complexity index is 846. The lowest BCUT2D eigenvalue weighted by Crippen LogP contribution is -2.48. The molecular formula is C25H33N3O3. The van der Waals surface area contributed by atoms with Crippen LogP contribution in [0.25, 0.3) is 6.08 Å². The Morgan fingerprint density at radius 1 is 0.968 bits per heavy atom. The number of amides is 1. The first-order valence-corrected chi connectivity index (χ1v) is 11.0. The summed E-state index contributed by atoms with van der Waals surface area (Å²) in [7, 11) is 0. The summed E-state index contributed by atoms with van der Waals surface area (Å²) < 4.78 is 11.2. The summed E-state index contributed by atoms with van der Waals surface area (Å²) in [5.74, 6) is 1.35. The number of carbonyl (C=O) groups excluding carboxylic acids is 1. The van der Waals surface area contributed by atoms with Crippen molar-refractivity contribution in [2.24, 2.45) is 0 Å². The van der Waals surface area contributed by atoms with Gasteiger partial charge in [0.1, 0.15) is 11.5 Å². The van der Waals surface area contributed by atoms with Gasteiger partial charge in [0, 0.05) is 38.8 Å². The second kappa shape index (κ2) is 12.1. The molecule has 1 amide bonds. The van der Waals surface area contributed by atoms with E-state index in [2.05, 4.69) is 39.4 Å². The second-order valence-corrected chi connectivity index (χ2v) is 7.46. The van der Waals surface area contributed by atoms with E-state index in [0.29, 0.717) is 31.2 Å². The zero-order valence-electron chi connectivity index (χ0n) is 18.5. The largest absolute Gasteiger partial charge is 0.494 e. The van der Waals surface area contributed by atoms with E-state index in [-0.39, 0.29) is 5.91 Å². The fourth-order valence-electron chi connectivity index (χ4n) is 3.57. The third-order valence-electron chi connectivity index (χ3n) is 5.14. The van der Waals surface area contributed by atoms with E-state index in [9.17, 15) is 4.79 Å². The predicted octanol–water partition coefficient (Wildman–Crippen LogP) is 3.75. The molecule has 2 aromatic carbocycles. The van der Waals surface area contributed by atoms with Crippen molar-refractivity contribution in [2.45, 2.75) is 13.8 Å². The summed E-state index contributed by atoms with van der Waals surface area (Å²) in [5, 5.41) is 2.99. The Kier molecular flexibility index (Phi) is 8.94. The molecule has 166 valence electrons. The molecule has 6 heteroatoms. The van der Waals surface area contributed by atoms with Crippen molar-refractivity contribution < 1.29 is 14.3 Å². The molecule has 3 rings (SSSR count). The van der Waals surface area contributed by atoms with Gasteiger partial charge in [-0.15, -0.1) is 0 Å². The molecule has 0 radical (unpaired) electrons. The van der Waals surface area contributed by atoms with Crippen LogP contribution >= 0.6 is 0 Å². The van der Waals surface area contributed by atoms with E-state index in [4.69, 9.17) is 9.47 Å². The minimum absolute atomic E-state index is 0.0352. The van der Waals surface area contributed by atoms with Crippen molar-refractivity contribution in [1.82, 2.24) is 9.80 Å². The molecule has 0 aromatic heterocycles. The van der Waals surface area contributed by atoms with Gasteiger partial charge in [-0.25, -0.2) is 0 Å². The molecule has 1 N–H and O–H groups in total. The Labute approximate surface area is 185 Å². The number of piperazine rings is 1. The van der Waals surface area contributed by atoms with E-state index >= 15 is 0 Å². The molecule has 0 aliphatic carbocycles. The van der Waals surface area contributed by atoms with Crippen LogP contribution < -0.4 is 14.8 Å². The summed E-state index contributed by atoms with van der Waals surface area (Å²) in [6.07, 6.45) is 4.37. The molecule has 6 nitrogen and oxygen atoms in total. The van der Waals surface area contributed by atoms with E-state index in [1.807, 2.05) is 50.2 Å². The number of hydrogen-bond donors (Lipinski definition) is 1. The number of hydrogen-bond acceptors (Lipinski definition) is 5. The zero-order chi connectivity index (χ0) is 21.9. The van der Waals surface area contributed by atoms with Gasteiger partial charge in [0.25, 0.3) is 0 Å². The third kappa shape index (κ3) is 7.42. The maximum absolute atomic E-state index is 12.6. The van der Waals surface area contributed by atoms with E-state index in [0.717, 1.165) is 38.5 Å². The van der Waals surface area contributed by atoms with Crippen LogP contribution in [0.15, 0.2) is 54.6 Å². The predicted molar refractivity (Wildman–Crippen MR) is 126 cm³/mol. The highest BCUT2D eigenvalue weighted by atomic mass is 16.5. The minimum atomic E-state index is -0.0352. The molecule has 1 saturated heterocycles. The summed E-state index contributed by atoms with van der Waals surface area (Å²) in [5.41, 5.74) is 1.88. The molecule has 0 atom stereocenters. The molecule has 0 unspecified atom stereocenters. The SMILES string of the molecule is CCOc1ccc(OCC)c(NC(=O)CN2CCN(C/C=C/c3ccccc3)CC2)c1. The maximum atomic E-state index is 12.6. The van der Waals surface area contributed by atoms with Crippen molar-refractivity contribution in [3.05, 3.63) is 60.2 Å². The highest BCUT2D eigenvalue weighted by Crippen LogP contribution is 2.29. The lowest BCUT2D eigenvalue weighted by Gasteiger charge is -2.33. The Morgan fingerprint density at radius 3 is 2.39 bits per heavy atom. The average molecular weight is 424 g/mol. The second-order valence-electron chi connectivity index (χ2n) is 7.46. The average Bonchev–Trinajstić information content (AvgIpc) is 2.78. The van der Waals surface area contributed by atoms with Gasteiger partial charge in [-0.1, -0.05) is 42.5 Å². The summed E-state index contributed by atoms with van der Waals surface area (Å²) >= 11 is 0. The van der Waals surface area contributed by atoms with Crippen LogP contribution in [-0.4, -0.2) is 68.2 Å². The fourth-order valence-corrected chi connectivity index (χ4v) is 3.57. The lowest BCUT2D eigenvalue weighted by atomic mass is 10.2. The summed E-state index contributed by atoms with van der Waals surface area (Å²) in [6, 6.07) is 15.9. The van der Waals surface area contributed by atoms with Gasteiger partial charge in [0.2, 0.25) is 5.91 Å². The number of rotatable bonds is 10. The molecule has 0 spiro atoms. The van der Waals surface area contributed by atoms with Crippen LogP contribution in [0.4, 0.5) is 5.69 Å². The first-order valence-electron chi connectivity index (χ1n) is 11.0. The number of anilines is 1. The Morgan fingerprint density at radius 2 is 1.68 bits per heavy atom. The smallest absolute Gasteiger partial charge is 0.238 e. The van der Waals surface area contributed by atoms with E-state index in [1.54, 1.807) is 0 Å². The number of carbonyl (C=O) groups is 1. The van der Waals surface area contributed by atoms with Gasteiger partial charge >= 0.3 is 0 Å². The Hall–Kier alpha value is -2.83. The fraction of sp³-hybridized carbons (Fsp3) is 0.400. The van der Waals surface area contributed by atoms with Crippen LogP contribution in [0.3, 0.4) is 0 Å². The van der Waals surface area contributed by atoms with Crippen LogP contribution in [0.2, 0.25) is 0 Å². The van der Waals surface area contributed by atoms with Crippen LogP contribution in [0.1, 0.15) is 19.4 Å². The van der Waals surface area contributed by atoms with Crippen LogP contribution in [0, 0.1) is 0 Å². The molecule has 1 fully saturated rings. The van der Waals surface area contributed by atoms with Gasteiger partial charge in [-0.2, -0.15) is 0 Å². The molecule has 0 bridgehead atoms. The Balaban J connectivity index is 1.45. The highest BCUT2D eigenvalue weighted by Gasteiger charge is 2.19. The number of benzene rings is 2. The number of ether oxygens (including phenoxy) is 2. The lowest BCUT2D eigenvalue weighted by molar-refractivity contribution is -0.117. The van der Waals surface area contributed by atoms with Crippen molar-refractivity contribution in [3.8, 4) is 11.5 Å². The summed E-state index contributed by atoms with van der Waals surface area (Å²) in [4.78, 5) is 17.2. The highest BCUT2D eigenvalue weighted by molar-refractivity contribution is 5.94. The van der Waals surface area contributed by atoms with Gasteiger partial charge in [0.05, 0.1) is 25.4 Å². The van der Waals surface area contributed by atoms with Crippen molar-refractivity contribution in [1.29, 1.82) is 0 Å². The van der Waals surface area contributed by atoms with Gasteiger partial charge in [-0.3, -0.25) is 14.6 Å². The monoisotopic (exact) mass is 423 g/mol. The maximum Gasteiger partial charge on any atom is 0.238 e. The molecule has 1 aliphatic heterocycles. The van der Waals surface area contributed by atoms with Gasteiger partial charge < -0.3 is 14.8 Å². The minimum Gasteiger partial charge on any atom is -0.494 e. The van der Waals surface area contributed by atoms with E-state index < -0.39 is 0 Å². The third-order valence-corrected chi connectivity index (χ3v) is 5.14. The standard InChI is InChI=1S/C25H33N3O3/c1-3-30-22-12-13-24(31-4-2)23(19-22)26-25(29)20-28-17-15-27(16-18-28)14-8-11-21-9-6-5-7-10-21/h5-13,19H,3-4,14-18,20H2,1-2H3,(H,26,29)/b11-8+.